The topological polar surface area (TPSA) is 9.23 Å². The van der Waals surface area contributed by atoms with Gasteiger partial charge in [-0.3, -0.25) is 0 Å². The van der Waals surface area contributed by atoms with Crippen LogP contribution in [0.15, 0.2) is 16.6 Å². The van der Waals surface area contributed by atoms with Crippen LogP contribution in [0, 0.1) is 3.57 Å². The lowest BCUT2D eigenvalue weighted by Crippen LogP contribution is -1.89. The monoisotopic (exact) mass is 360 g/mol. The molecule has 0 aliphatic heterocycles. The van der Waals surface area contributed by atoms with Crippen LogP contribution >= 0.6 is 50.1 Å². The summed E-state index contributed by atoms with van der Waals surface area (Å²) >= 11 is 11.4. The maximum atomic E-state index is 5.71. The lowest BCUT2D eigenvalue weighted by atomic mass is 10.2. The molecule has 0 bridgehead atoms. The standard InChI is InChI=1S/C8H7BrClIO/c1-12-7-3-5(4-10)2-6(11)8(7)9/h2-3H,4H2,1H3. The smallest absolute Gasteiger partial charge is 0.134 e. The van der Waals surface area contributed by atoms with E-state index < -0.39 is 0 Å². The first-order valence-corrected chi connectivity index (χ1v) is 5.67. The molecule has 1 rings (SSSR count). The number of alkyl halides is 1. The highest BCUT2D eigenvalue weighted by Gasteiger charge is 2.05. The molecule has 1 aromatic carbocycles. The third kappa shape index (κ3) is 2.26. The summed E-state index contributed by atoms with van der Waals surface area (Å²) in [6, 6.07) is 3.96. The maximum absolute atomic E-state index is 5.71. The van der Waals surface area contributed by atoms with Crippen LogP contribution in [-0.2, 0) is 5.88 Å². The fraction of sp³-hybridized carbons (Fsp3) is 0.250. The minimum Gasteiger partial charge on any atom is -0.496 e. The van der Waals surface area contributed by atoms with E-state index in [0.29, 0.717) is 5.88 Å². The van der Waals surface area contributed by atoms with Crippen molar-refractivity contribution in [3.63, 3.8) is 0 Å². The number of rotatable bonds is 2. The van der Waals surface area contributed by atoms with Crippen molar-refractivity contribution in [3.05, 3.63) is 25.7 Å². The van der Waals surface area contributed by atoms with Crippen LogP contribution in [0.1, 0.15) is 5.56 Å². The quantitative estimate of drug-likeness (QED) is 0.575. The van der Waals surface area contributed by atoms with E-state index in [1.165, 1.54) is 0 Å². The van der Waals surface area contributed by atoms with Crippen LogP contribution < -0.4 is 4.74 Å². The summed E-state index contributed by atoms with van der Waals surface area (Å²) in [7, 11) is 1.65. The fourth-order valence-corrected chi connectivity index (χ4v) is 2.05. The minimum absolute atomic E-state index is 0.514. The van der Waals surface area contributed by atoms with E-state index in [4.69, 9.17) is 16.3 Å². The minimum atomic E-state index is 0.514. The van der Waals surface area contributed by atoms with Crippen molar-refractivity contribution in [3.8, 4) is 5.75 Å². The highest BCUT2D eigenvalue weighted by atomic mass is 127. The lowest BCUT2D eigenvalue weighted by Gasteiger charge is -2.06. The van der Waals surface area contributed by atoms with Crippen LogP contribution in [-0.4, -0.2) is 7.11 Å². The number of hydrogen-bond acceptors (Lipinski definition) is 1. The lowest BCUT2D eigenvalue weighted by molar-refractivity contribution is 0.411. The largest absolute Gasteiger partial charge is 0.496 e. The van der Waals surface area contributed by atoms with Crippen molar-refractivity contribution < 1.29 is 4.74 Å². The zero-order valence-electron chi connectivity index (χ0n) is 6.40. The van der Waals surface area contributed by atoms with Crippen molar-refractivity contribution in [1.29, 1.82) is 0 Å². The van der Waals surface area contributed by atoms with Gasteiger partial charge in [-0.25, -0.2) is 0 Å². The molecule has 0 aliphatic carbocycles. The molecule has 1 aromatic rings. The van der Waals surface area contributed by atoms with Gasteiger partial charge in [-0.2, -0.15) is 0 Å². The van der Waals surface area contributed by atoms with Gasteiger partial charge in [0.05, 0.1) is 11.6 Å². The molecule has 12 heavy (non-hydrogen) atoms. The first-order valence-electron chi connectivity index (χ1n) is 3.27. The number of benzene rings is 1. The van der Waals surface area contributed by atoms with Gasteiger partial charge in [0.2, 0.25) is 0 Å². The molecule has 66 valence electrons. The molecule has 0 unspecified atom stereocenters. The molecule has 4 heteroatoms. The Morgan fingerprint density at radius 1 is 1.58 bits per heavy atom. The molecule has 0 fully saturated rings. The summed E-state index contributed by atoms with van der Waals surface area (Å²) in [5.41, 5.74) is 1.07. The third-order valence-electron chi connectivity index (χ3n) is 1.43. The predicted octanol–water partition coefficient (Wildman–Crippen LogP) is 3.80. The van der Waals surface area contributed by atoms with Crippen LogP contribution in [0.5, 0.6) is 5.75 Å². The van der Waals surface area contributed by atoms with Crippen molar-refractivity contribution >= 4 is 50.1 Å². The zero-order chi connectivity index (χ0) is 9.14. The van der Waals surface area contributed by atoms with Crippen molar-refractivity contribution in [2.45, 2.75) is 5.88 Å². The second kappa shape index (κ2) is 4.67. The Labute approximate surface area is 98.7 Å². The van der Waals surface area contributed by atoms with Gasteiger partial charge in [-0.1, -0.05) is 0 Å². The van der Waals surface area contributed by atoms with Gasteiger partial charge in [-0.15, -0.1) is 11.6 Å². The summed E-state index contributed by atoms with van der Waals surface area (Å²) in [5.74, 6) is 1.34. The van der Waals surface area contributed by atoms with Gasteiger partial charge in [0, 0.05) is 9.45 Å². The number of methoxy groups -OCH3 is 1. The van der Waals surface area contributed by atoms with Crippen molar-refractivity contribution in [1.82, 2.24) is 0 Å². The number of hydrogen-bond donors (Lipinski definition) is 0. The Kier molecular flexibility index (Phi) is 4.13. The highest BCUT2D eigenvalue weighted by molar-refractivity contribution is 14.1. The van der Waals surface area contributed by atoms with Crippen LogP contribution in [0.2, 0.25) is 0 Å². The third-order valence-corrected chi connectivity index (χ3v) is 4.15. The average Bonchev–Trinajstić information content (AvgIpc) is 2.09. The Morgan fingerprint density at radius 3 is 2.75 bits per heavy atom. The van der Waals surface area contributed by atoms with E-state index in [1.807, 2.05) is 12.1 Å². The first kappa shape index (κ1) is 10.6. The molecule has 1 nitrogen and oxygen atoms in total. The second-order valence-corrected chi connectivity index (χ2v) is 4.45. The predicted molar refractivity (Wildman–Crippen MR) is 63.0 cm³/mol. The van der Waals surface area contributed by atoms with Crippen LogP contribution in [0.3, 0.4) is 0 Å². The Balaban J connectivity index is 3.19. The normalized spacial score (nSPS) is 10.0. The molecule has 0 N–H and O–H groups in total. The van der Waals surface area contributed by atoms with Gasteiger partial charge in [0.25, 0.3) is 0 Å². The molecule has 0 amide bonds. The molecule has 0 atom stereocenters. The summed E-state index contributed by atoms with van der Waals surface area (Å²) in [6.07, 6.45) is 0. The van der Waals surface area contributed by atoms with Crippen LogP contribution in [0.25, 0.3) is 0 Å². The van der Waals surface area contributed by atoms with E-state index in [-0.39, 0.29) is 0 Å². The average molecular weight is 361 g/mol. The number of halogens is 3. The Bertz CT molecular complexity index is 291. The molecule has 0 spiro atoms. The maximum Gasteiger partial charge on any atom is 0.134 e. The van der Waals surface area contributed by atoms with E-state index in [0.717, 1.165) is 19.4 Å². The van der Waals surface area contributed by atoms with Crippen molar-refractivity contribution in [2.75, 3.05) is 7.11 Å². The molecular formula is C8H7BrClIO. The van der Waals surface area contributed by atoms with Gasteiger partial charge in [-0.05, 0) is 56.2 Å². The summed E-state index contributed by atoms with van der Waals surface area (Å²) < 4.78 is 7.26. The summed E-state index contributed by atoms with van der Waals surface area (Å²) in [5, 5.41) is 0. The molecule has 0 aliphatic rings. The zero-order valence-corrected chi connectivity index (χ0v) is 10.9. The van der Waals surface area contributed by atoms with E-state index >= 15 is 0 Å². The summed E-state index contributed by atoms with van der Waals surface area (Å²) in [6.45, 7) is 0. The van der Waals surface area contributed by atoms with Gasteiger partial charge in [0.1, 0.15) is 5.75 Å². The van der Waals surface area contributed by atoms with Crippen LogP contribution in [0.4, 0.5) is 0 Å². The van der Waals surface area contributed by atoms with Gasteiger partial charge in [0.15, 0.2) is 0 Å². The Morgan fingerprint density at radius 2 is 2.25 bits per heavy atom. The van der Waals surface area contributed by atoms with Gasteiger partial charge >= 0.3 is 0 Å². The molecule has 0 heterocycles. The van der Waals surface area contributed by atoms with Gasteiger partial charge < -0.3 is 4.74 Å². The summed E-state index contributed by atoms with van der Waals surface area (Å²) in [4.78, 5) is 0. The molecule has 0 aromatic heterocycles. The van der Waals surface area contributed by atoms with Crippen molar-refractivity contribution in [2.24, 2.45) is 0 Å². The molecular weight excluding hydrogens is 354 g/mol. The highest BCUT2D eigenvalue weighted by Crippen LogP contribution is 2.31. The first-order chi connectivity index (χ1) is 5.69. The second-order valence-electron chi connectivity index (χ2n) is 2.23. The molecule has 0 saturated heterocycles. The van der Waals surface area contributed by atoms with E-state index in [9.17, 15) is 0 Å². The molecule has 0 saturated carbocycles. The van der Waals surface area contributed by atoms with E-state index in [2.05, 4.69) is 38.5 Å². The fourth-order valence-electron chi connectivity index (χ4n) is 0.843. The number of ether oxygens (including phenoxy) is 1. The van der Waals surface area contributed by atoms with E-state index in [1.54, 1.807) is 7.11 Å². The Hall–Kier alpha value is 0.520. The molecule has 0 radical (unpaired) electrons. The SMILES string of the molecule is COc1cc(CCl)cc(I)c1Br.